The minimum Gasteiger partial charge on any atom is -0.491 e. The number of carbonyl (C=O) groups excluding carboxylic acids is 1. The van der Waals surface area contributed by atoms with E-state index in [1.54, 1.807) is 30.6 Å². The number of nitrogens with zero attached hydrogens (tertiary/aromatic N) is 2. The van der Waals surface area contributed by atoms with Crippen LogP contribution in [0.2, 0.25) is 0 Å². The Morgan fingerprint density at radius 3 is 2.59 bits per heavy atom. The number of hydrogen-bond acceptors (Lipinski definition) is 7. The SMILES string of the molecule is C#CCOc1ccccc1/C=c1\sc2n(c1=O)[C@H](c1ccccc1OC(C)C)C(C(=O)OCC)=C(C)N=2. The van der Waals surface area contributed by atoms with E-state index in [-0.39, 0.29) is 24.9 Å². The molecule has 2 heterocycles. The van der Waals surface area contributed by atoms with Crippen molar-refractivity contribution in [1.82, 2.24) is 4.57 Å². The molecule has 1 aliphatic heterocycles. The highest BCUT2D eigenvalue weighted by atomic mass is 32.1. The van der Waals surface area contributed by atoms with Crippen LogP contribution >= 0.6 is 11.3 Å². The van der Waals surface area contributed by atoms with E-state index >= 15 is 0 Å². The van der Waals surface area contributed by atoms with Gasteiger partial charge in [-0.1, -0.05) is 53.7 Å². The molecule has 190 valence electrons. The third-order valence-corrected chi connectivity index (χ3v) is 6.59. The average molecular weight is 517 g/mol. The minimum atomic E-state index is -0.764. The highest BCUT2D eigenvalue weighted by molar-refractivity contribution is 7.07. The van der Waals surface area contributed by atoms with Crippen molar-refractivity contribution in [3.8, 4) is 23.8 Å². The molecule has 1 atom stereocenters. The number of thiazole rings is 1. The lowest BCUT2D eigenvalue weighted by Crippen LogP contribution is -2.40. The lowest BCUT2D eigenvalue weighted by molar-refractivity contribution is -0.139. The summed E-state index contributed by atoms with van der Waals surface area (Å²) in [6.45, 7) is 7.66. The third kappa shape index (κ3) is 5.37. The number of allylic oxidation sites excluding steroid dienone is 1. The zero-order valence-corrected chi connectivity index (χ0v) is 22.0. The summed E-state index contributed by atoms with van der Waals surface area (Å²) in [6.07, 6.45) is 7.01. The normalized spacial score (nSPS) is 15.1. The van der Waals surface area contributed by atoms with Crippen molar-refractivity contribution in [2.75, 3.05) is 13.2 Å². The van der Waals surface area contributed by atoms with Crippen LogP contribution in [0.25, 0.3) is 6.08 Å². The fourth-order valence-electron chi connectivity index (χ4n) is 4.15. The number of aromatic nitrogens is 1. The molecule has 0 N–H and O–H groups in total. The van der Waals surface area contributed by atoms with Gasteiger partial charge in [-0.2, -0.15) is 0 Å². The van der Waals surface area contributed by atoms with Gasteiger partial charge in [-0.3, -0.25) is 9.36 Å². The van der Waals surface area contributed by atoms with Crippen molar-refractivity contribution in [1.29, 1.82) is 0 Å². The summed E-state index contributed by atoms with van der Waals surface area (Å²) in [7, 11) is 0. The molecule has 7 nitrogen and oxygen atoms in total. The van der Waals surface area contributed by atoms with Crippen molar-refractivity contribution in [3.63, 3.8) is 0 Å². The number of benzene rings is 2. The van der Waals surface area contributed by atoms with Crippen LogP contribution in [0.15, 0.2) is 69.6 Å². The number of ether oxygens (including phenoxy) is 3. The van der Waals surface area contributed by atoms with Gasteiger partial charge < -0.3 is 14.2 Å². The van der Waals surface area contributed by atoms with Gasteiger partial charge in [-0.05, 0) is 45.9 Å². The summed E-state index contributed by atoms with van der Waals surface area (Å²) in [5.41, 5.74) is 1.91. The lowest BCUT2D eigenvalue weighted by Gasteiger charge is -2.26. The molecule has 0 saturated carbocycles. The fraction of sp³-hybridized carbons (Fsp3) is 0.276. The first-order valence-electron chi connectivity index (χ1n) is 12.0. The zero-order valence-electron chi connectivity index (χ0n) is 21.2. The van der Waals surface area contributed by atoms with Gasteiger partial charge in [-0.15, -0.1) is 6.42 Å². The predicted molar refractivity (Wildman–Crippen MR) is 143 cm³/mol. The summed E-state index contributed by atoms with van der Waals surface area (Å²) in [5.74, 6) is 3.09. The van der Waals surface area contributed by atoms with Crippen molar-refractivity contribution in [3.05, 3.63) is 90.6 Å². The molecular formula is C29H28N2O5S. The number of terminal acetylenes is 1. The van der Waals surface area contributed by atoms with Crippen molar-refractivity contribution >= 4 is 23.4 Å². The maximum absolute atomic E-state index is 13.9. The Balaban J connectivity index is 1.96. The van der Waals surface area contributed by atoms with E-state index in [4.69, 9.17) is 20.6 Å². The van der Waals surface area contributed by atoms with E-state index in [2.05, 4.69) is 10.9 Å². The Morgan fingerprint density at radius 1 is 1.19 bits per heavy atom. The second kappa shape index (κ2) is 11.3. The molecule has 0 amide bonds. The highest BCUT2D eigenvalue weighted by Crippen LogP contribution is 2.36. The van der Waals surface area contributed by atoms with Gasteiger partial charge in [0.1, 0.15) is 24.1 Å². The molecule has 0 fully saturated rings. The zero-order chi connectivity index (χ0) is 26.5. The molecule has 1 aromatic heterocycles. The topological polar surface area (TPSA) is 79.1 Å². The van der Waals surface area contributed by atoms with Crippen LogP contribution < -0.4 is 24.4 Å². The number of fused-ring (bicyclic) bond motifs is 1. The van der Waals surface area contributed by atoms with Crippen LogP contribution in [-0.2, 0) is 9.53 Å². The van der Waals surface area contributed by atoms with E-state index in [0.29, 0.717) is 43.2 Å². The molecule has 0 unspecified atom stereocenters. The number of esters is 1. The molecule has 0 saturated heterocycles. The van der Waals surface area contributed by atoms with Crippen LogP contribution in [0.4, 0.5) is 0 Å². The lowest BCUT2D eigenvalue weighted by atomic mass is 9.95. The first kappa shape index (κ1) is 26.0. The van der Waals surface area contributed by atoms with E-state index in [1.807, 2.05) is 56.3 Å². The van der Waals surface area contributed by atoms with Crippen molar-refractivity contribution in [2.24, 2.45) is 4.99 Å². The quantitative estimate of drug-likeness (QED) is 0.338. The maximum atomic E-state index is 13.9. The predicted octanol–water partition coefficient (Wildman–Crippen LogP) is 3.60. The summed E-state index contributed by atoms with van der Waals surface area (Å²) >= 11 is 1.24. The van der Waals surface area contributed by atoms with Crippen LogP contribution in [0.3, 0.4) is 0 Å². The molecule has 0 aliphatic carbocycles. The first-order chi connectivity index (χ1) is 17.8. The van der Waals surface area contributed by atoms with Crippen molar-refractivity contribution < 1.29 is 19.0 Å². The second-order valence-corrected chi connectivity index (χ2v) is 9.55. The van der Waals surface area contributed by atoms with Gasteiger partial charge >= 0.3 is 5.97 Å². The molecule has 0 bridgehead atoms. The van der Waals surface area contributed by atoms with E-state index < -0.39 is 12.0 Å². The molecule has 4 rings (SSSR count). The maximum Gasteiger partial charge on any atom is 0.338 e. The Hall–Kier alpha value is -4.09. The van der Waals surface area contributed by atoms with E-state index in [0.717, 1.165) is 0 Å². The van der Waals surface area contributed by atoms with Crippen LogP contribution in [0, 0.1) is 12.3 Å². The average Bonchev–Trinajstić information content (AvgIpc) is 3.17. The fourth-order valence-corrected chi connectivity index (χ4v) is 5.18. The molecule has 0 radical (unpaired) electrons. The van der Waals surface area contributed by atoms with Gasteiger partial charge in [0.15, 0.2) is 4.80 Å². The van der Waals surface area contributed by atoms with Gasteiger partial charge in [0, 0.05) is 11.1 Å². The largest absolute Gasteiger partial charge is 0.491 e. The van der Waals surface area contributed by atoms with Gasteiger partial charge in [0.25, 0.3) is 5.56 Å². The molecule has 37 heavy (non-hydrogen) atoms. The summed E-state index contributed by atoms with van der Waals surface area (Å²) in [6, 6.07) is 14.0. The number of para-hydroxylation sites is 2. The molecule has 2 aromatic carbocycles. The summed E-state index contributed by atoms with van der Waals surface area (Å²) in [4.78, 5) is 32.2. The van der Waals surface area contributed by atoms with Crippen LogP contribution in [0.5, 0.6) is 11.5 Å². The Kier molecular flexibility index (Phi) is 7.95. The molecule has 0 spiro atoms. The number of rotatable bonds is 8. The third-order valence-electron chi connectivity index (χ3n) is 5.61. The van der Waals surface area contributed by atoms with Gasteiger partial charge in [0.05, 0.1) is 28.5 Å². The Labute approximate surface area is 219 Å². The van der Waals surface area contributed by atoms with Crippen LogP contribution in [-0.4, -0.2) is 29.9 Å². The molecule has 8 heteroatoms. The van der Waals surface area contributed by atoms with E-state index in [9.17, 15) is 9.59 Å². The van der Waals surface area contributed by atoms with Gasteiger partial charge in [0.2, 0.25) is 0 Å². The Bertz CT molecular complexity index is 1570. The first-order valence-corrected chi connectivity index (χ1v) is 12.8. The molecule has 1 aliphatic rings. The highest BCUT2D eigenvalue weighted by Gasteiger charge is 2.35. The summed E-state index contributed by atoms with van der Waals surface area (Å²) < 4.78 is 19.1. The Morgan fingerprint density at radius 2 is 1.89 bits per heavy atom. The molecular weight excluding hydrogens is 488 g/mol. The van der Waals surface area contributed by atoms with Crippen molar-refractivity contribution in [2.45, 2.75) is 39.8 Å². The second-order valence-electron chi connectivity index (χ2n) is 8.54. The summed E-state index contributed by atoms with van der Waals surface area (Å²) in [5, 5.41) is 0. The number of hydrogen-bond donors (Lipinski definition) is 0. The van der Waals surface area contributed by atoms with E-state index in [1.165, 1.54) is 11.3 Å². The standard InChI is InChI=1S/C29H28N2O5S/c1-6-16-35-22-14-10-8-12-20(22)17-24-27(32)31-26(21-13-9-11-15-23(21)36-18(3)4)25(28(33)34-7-2)19(5)30-29(31)37-24/h1,8-15,17-18,26H,7,16H2,2-5H3/b24-17-/t26-/m1/s1. The monoisotopic (exact) mass is 516 g/mol. The minimum absolute atomic E-state index is 0.104. The van der Waals surface area contributed by atoms with Gasteiger partial charge in [-0.25, -0.2) is 9.79 Å². The number of carbonyl (C=O) groups is 1. The smallest absolute Gasteiger partial charge is 0.338 e. The van der Waals surface area contributed by atoms with Crippen LogP contribution in [0.1, 0.15) is 44.9 Å². The molecule has 3 aromatic rings.